The van der Waals surface area contributed by atoms with E-state index in [0.29, 0.717) is 0 Å². The summed E-state index contributed by atoms with van der Waals surface area (Å²) in [7, 11) is 0. The summed E-state index contributed by atoms with van der Waals surface area (Å²) in [6, 6.07) is 9.28. The molecule has 2 aliphatic rings. The molecular formula is C16H24N2O. The first-order chi connectivity index (χ1) is 9.42. The van der Waals surface area contributed by atoms with E-state index in [0.717, 1.165) is 51.7 Å². The van der Waals surface area contributed by atoms with Gasteiger partial charge in [-0.25, -0.2) is 0 Å². The van der Waals surface area contributed by atoms with E-state index in [2.05, 4.69) is 34.5 Å². The van der Waals surface area contributed by atoms with Gasteiger partial charge >= 0.3 is 0 Å². The Balaban J connectivity index is 1.50. The summed E-state index contributed by atoms with van der Waals surface area (Å²) in [5, 5.41) is 3.44. The van der Waals surface area contributed by atoms with Crippen LogP contribution in [-0.4, -0.2) is 50.8 Å². The number of nitrogens with one attached hydrogen (secondary N) is 1. The van der Waals surface area contributed by atoms with E-state index in [4.69, 9.17) is 4.74 Å². The van der Waals surface area contributed by atoms with Crippen molar-refractivity contribution in [3.05, 3.63) is 35.4 Å². The number of rotatable bonds is 4. The first-order valence-corrected chi connectivity index (χ1v) is 7.51. The third-order valence-electron chi connectivity index (χ3n) is 4.33. The zero-order valence-corrected chi connectivity index (χ0v) is 11.6. The molecule has 1 aromatic carbocycles. The second kappa shape index (κ2) is 6.51. The number of hydrogen-bond acceptors (Lipinski definition) is 3. The molecule has 2 aliphatic heterocycles. The minimum Gasteiger partial charge on any atom is -0.379 e. The first kappa shape index (κ1) is 13.1. The zero-order chi connectivity index (χ0) is 12.9. The second-order valence-corrected chi connectivity index (χ2v) is 5.64. The number of ether oxygens (including phenoxy) is 1. The van der Waals surface area contributed by atoms with Crippen LogP contribution in [0.3, 0.4) is 0 Å². The van der Waals surface area contributed by atoms with Crippen molar-refractivity contribution in [2.75, 3.05) is 45.9 Å². The van der Waals surface area contributed by atoms with E-state index in [9.17, 15) is 0 Å². The Hall–Kier alpha value is -0.900. The molecule has 1 N–H and O–H groups in total. The van der Waals surface area contributed by atoms with Gasteiger partial charge in [0.1, 0.15) is 0 Å². The van der Waals surface area contributed by atoms with Crippen molar-refractivity contribution in [1.82, 2.24) is 10.2 Å². The molecule has 104 valence electrons. The lowest BCUT2D eigenvalue weighted by Gasteiger charge is -2.26. The highest BCUT2D eigenvalue weighted by molar-refractivity contribution is 5.26. The highest BCUT2D eigenvalue weighted by atomic mass is 16.5. The van der Waals surface area contributed by atoms with Crippen molar-refractivity contribution in [2.24, 2.45) is 0 Å². The topological polar surface area (TPSA) is 24.5 Å². The van der Waals surface area contributed by atoms with Crippen LogP contribution in [-0.2, 0) is 11.2 Å². The molecule has 0 bridgehead atoms. The standard InChI is InChI=1S/C16H24N2O/c1-3-15(16-5-7-17-13-16)4-2-14(1)6-8-18-9-11-19-12-10-18/h1-4,16-17H,5-13H2. The molecule has 3 heteroatoms. The SMILES string of the molecule is c1cc(C2CCNC2)ccc1CCN1CCOCC1. The summed E-state index contributed by atoms with van der Waals surface area (Å²) in [6.07, 6.45) is 2.44. The van der Waals surface area contributed by atoms with Gasteiger partial charge in [0.25, 0.3) is 0 Å². The monoisotopic (exact) mass is 260 g/mol. The summed E-state index contributed by atoms with van der Waals surface area (Å²) >= 11 is 0. The smallest absolute Gasteiger partial charge is 0.0594 e. The Labute approximate surface area is 115 Å². The van der Waals surface area contributed by atoms with Crippen LogP contribution in [0.2, 0.25) is 0 Å². The van der Waals surface area contributed by atoms with E-state index >= 15 is 0 Å². The molecule has 0 aliphatic carbocycles. The number of benzene rings is 1. The lowest BCUT2D eigenvalue weighted by molar-refractivity contribution is 0.0384. The van der Waals surface area contributed by atoms with Gasteiger partial charge in [-0.1, -0.05) is 24.3 Å². The van der Waals surface area contributed by atoms with Crippen LogP contribution in [0.1, 0.15) is 23.5 Å². The fourth-order valence-electron chi connectivity index (χ4n) is 3.01. The minimum atomic E-state index is 0.730. The van der Waals surface area contributed by atoms with Crippen molar-refractivity contribution in [1.29, 1.82) is 0 Å². The number of nitrogens with zero attached hydrogens (tertiary/aromatic N) is 1. The van der Waals surface area contributed by atoms with Crippen molar-refractivity contribution in [3.63, 3.8) is 0 Å². The Bertz CT molecular complexity index is 378. The first-order valence-electron chi connectivity index (χ1n) is 7.51. The average Bonchev–Trinajstić information content (AvgIpc) is 3.01. The molecule has 0 spiro atoms. The van der Waals surface area contributed by atoms with Crippen LogP contribution in [0, 0.1) is 0 Å². The Morgan fingerprint density at radius 2 is 1.95 bits per heavy atom. The van der Waals surface area contributed by atoms with Crippen LogP contribution in [0.25, 0.3) is 0 Å². The lowest BCUT2D eigenvalue weighted by Crippen LogP contribution is -2.37. The van der Waals surface area contributed by atoms with Crippen molar-refractivity contribution in [2.45, 2.75) is 18.8 Å². The van der Waals surface area contributed by atoms with Crippen molar-refractivity contribution < 1.29 is 4.74 Å². The summed E-state index contributed by atoms with van der Waals surface area (Å²) in [4.78, 5) is 2.50. The largest absolute Gasteiger partial charge is 0.379 e. The second-order valence-electron chi connectivity index (χ2n) is 5.64. The fourth-order valence-corrected chi connectivity index (χ4v) is 3.01. The molecule has 19 heavy (non-hydrogen) atoms. The maximum absolute atomic E-state index is 5.38. The molecule has 0 aromatic heterocycles. The molecular weight excluding hydrogens is 236 g/mol. The third kappa shape index (κ3) is 3.56. The van der Waals surface area contributed by atoms with Gasteiger partial charge in [-0.05, 0) is 36.4 Å². The molecule has 0 amide bonds. The predicted molar refractivity (Wildman–Crippen MR) is 77.6 cm³/mol. The van der Waals surface area contributed by atoms with E-state index in [1.165, 1.54) is 24.1 Å². The molecule has 0 radical (unpaired) electrons. The van der Waals surface area contributed by atoms with Gasteiger partial charge in [0.05, 0.1) is 13.2 Å². The number of hydrogen-bond donors (Lipinski definition) is 1. The van der Waals surface area contributed by atoms with E-state index in [1.54, 1.807) is 0 Å². The Kier molecular flexibility index (Phi) is 4.49. The quantitative estimate of drug-likeness (QED) is 0.890. The van der Waals surface area contributed by atoms with Gasteiger partial charge in [-0.3, -0.25) is 4.90 Å². The minimum absolute atomic E-state index is 0.730. The summed E-state index contributed by atoms with van der Waals surface area (Å²) in [6.45, 7) is 7.45. The Morgan fingerprint density at radius 3 is 2.63 bits per heavy atom. The normalized spacial score (nSPS) is 24.7. The maximum Gasteiger partial charge on any atom is 0.0594 e. The van der Waals surface area contributed by atoms with Crippen LogP contribution < -0.4 is 5.32 Å². The van der Waals surface area contributed by atoms with Crippen LogP contribution in [0.4, 0.5) is 0 Å². The van der Waals surface area contributed by atoms with Crippen LogP contribution in [0.15, 0.2) is 24.3 Å². The zero-order valence-electron chi connectivity index (χ0n) is 11.6. The summed E-state index contributed by atoms with van der Waals surface area (Å²) < 4.78 is 5.38. The van der Waals surface area contributed by atoms with Gasteiger partial charge < -0.3 is 10.1 Å². The Morgan fingerprint density at radius 1 is 1.16 bits per heavy atom. The van der Waals surface area contributed by atoms with Crippen molar-refractivity contribution >= 4 is 0 Å². The van der Waals surface area contributed by atoms with E-state index < -0.39 is 0 Å². The van der Waals surface area contributed by atoms with Crippen LogP contribution >= 0.6 is 0 Å². The molecule has 2 fully saturated rings. The number of morpholine rings is 1. The molecule has 3 nitrogen and oxygen atoms in total. The van der Waals surface area contributed by atoms with E-state index in [-0.39, 0.29) is 0 Å². The van der Waals surface area contributed by atoms with Crippen LogP contribution in [0.5, 0.6) is 0 Å². The highest BCUT2D eigenvalue weighted by Crippen LogP contribution is 2.22. The van der Waals surface area contributed by atoms with Crippen molar-refractivity contribution in [3.8, 4) is 0 Å². The molecule has 0 saturated carbocycles. The highest BCUT2D eigenvalue weighted by Gasteiger charge is 2.16. The molecule has 1 atom stereocenters. The van der Waals surface area contributed by atoms with E-state index in [1.807, 2.05) is 0 Å². The van der Waals surface area contributed by atoms with Gasteiger partial charge in [-0.15, -0.1) is 0 Å². The lowest BCUT2D eigenvalue weighted by atomic mass is 9.97. The van der Waals surface area contributed by atoms with Gasteiger partial charge in [-0.2, -0.15) is 0 Å². The maximum atomic E-state index is 5.38. The van der Waals surface area contributed by atoms with Gasteiger partial charge in [0, 0.05) is 26.2 Å². The fraction of sp³-hybridized carbons (Fsp3) is 0.625. The third-order valence-corrected chi connectivity index (χ3v) is 4.33. The van der Waals surface area contributed by atoms with Gasteiger partial charge in [0.2, 0.25) is 0 Å². The molecule has 2 saturated heterocycles. The summed E-state index contributed by atoms with van der Waals surface area (Å²) in [5.74, 6) is 0.730. The molecule has 2 heterocycles. The molecule has 1 unspecified atom stereocenters. The molecule has 3 rings (SSSR count). The summed E-state index contributed by atoms with van der Waals surface area (Å²) in [5.41, 5.74) is 2.96. The van der Waals surface area contributed by atoms with Gasteiger partial charge in [0.15, 0.2) is 0 Å². The average molecular weight is 260 g/mol. The predicted octanol–water partition coefficient (Wildman–Crippen LogP) is 1.64. The molecule has 1 aromatic rings.